The molecule has 0 amide bonds. The first-order chi connectivity index (χ1) is 10.7. The van der Waals surface area contributed by atoms with Crippen LogP contribution in [-0.2, 0) is 19.4 Å². The molecule has 0 fully saturated rings. The maximum atomic E-state index is 4.95. The number of aromatic nitrogens is 5. The largest absolute Gasteiger partial charge is 0.340 e. The summed E-state index contributed by atoms with van der Waals surface area (Å²) in [5, 5.41) is 12.3. The highest BCUT2D eigenvalue weighted by Gasteiger charge is 2.10. The van der Waals surface area contributed by atoms with Crippen LogP contribution in [-0.4, -0.2) is 25.1 Å². The van der Waals surface area contributed by atoms with Gasteiger partial charge in [0.25, 0.3) is 0 Å². The van der Waals surface area contributed by atoms with Gasteiger partial charge in [0.15, 0.2) is 5.82 Å². The summed E-state index contributed by atoms with van der Waals surface area (Å²) in [5.74, 6) is 1.71. The Labute approximate surface area is 129 Å². The molecule has 3 aromatic rings. The van der Waals surface area contributed by atoms with Gasteiger partial charge in [-0.15, -0.1) is 5.10 Å². The molecule has 6 heteroatoms. The lowest BCUT2D eigenvalue weighted by molar-refractivity contribution is 0.385. The van der Waals surface area contributed by atoms with Crippen LogP contribution < -0.4 is 0 Å². The topological polar surface area (TPSA) is 69.6 Å². The second-order valence-corrected chi connectivity index (χ2v) is 5.47. The number of benzene rings is 1. The summed E-state index contributed by atoms with van der Waals surface area (Å²) in [4.78, 5) is 4.18. The first-order valence-corrected chi connectivity index (χ1v) is 7.44. The number of rotatable bonds is 6. The van der Waals surface area contributed by atoms with Crippen molar-refractivity contribution >= 4 is 0 Å². The van der Waals surface area contributed by atoms with Gasteiger partial charge in [-0.25, -0.2) is 0 Å². The average molecular weight is 297 g/mol. The Morgan fingerprint density at radius 3 is 2.77 bits per heavy atom. The van der Waals surface area contributed by atoms with Gasteiger partial charge in [-0.2, -0.15) is 4.98 Å². The lowest BCUT2D eigenvalue weighted by Crippen LogP contribution is -2.03. The fourth-order valence-corrected chi connectivity index (χ4v) is 2.41. The van der Waals surface area contributed by atoms with Crippen LogP contribution in [0.4, 0.5) is 0 Å². The minimum Gasteiger partial charge on any atom is -0.340 e. The minimum atomic E-state index is 0.422. The van der Waals surface area contributed by atoms with E-state index < -0.39 is 0 Å². The molecule has 114 valence electrons. The lowest BCUT2D eigenvalue weighted by atomic mass is 9.97. The van der Waals surface area contributed by atoms with Gasteiger partial charge in [0.2, 0.25) is 5.89 Å². The zero-order chi connectivity index (χ0) is 15.4. The van der Waals surface area contributed by atoms with E-state index in [2.05, 4.69) is 51.6 Å². The SMILES string of the molecule is Cc1nc(CCn2cc(C[C@H](C)c3ccccc3)nn2)no1. The average Bonchev–Trinajstić information content (AvgIpc) is 3.15. The Hall–Kier alpha value is -2.50. The molecule has 0 aliphatic carbocycles. The number of nitrogens with zero attached hydrogens (tertiary/aromatic N) is 5. The predicted octanol–water partition coefficient (Wildman–Crippen LogP) is 2.56. The van der Waals surface area contributed by atoms with Gasteiger partial charge in [-0.3, -0.25) is 4.68 Å². The first-order valence-electron chi connectivity index (χ1n) is 7.44. The Balaban J connectivity index is 1.57. The molecule has 2 aromatic heterocycles. The molecule has 0 aliphatic rings. The standard InChI is InChI=1S/C16H19N5O/c1-12(14-6-4-3-5-7-14)10-15-11-21(20-18-15)9-8-16-17-13(2)22-19-16/h3-7,11-12H,8-10H2,1-2H3/t12-/m0/s1. The van der Waals surface area contributed by atoms with E-state index >= 15 is 0 Å². The van der Waals surface area contributed by atoms with Crippen molar-refractivity contribution in [1.29, 1.82) is 0 Å². The van der Waals surface area contributed by atoms with Crippen molar-refractivity contribution in [2.24, 2.45) is 0 Å². The normalized spacial score (nSPS) is 12.5. The van der Waals surface area contributed by atoms with Crippen LogP contribution >= 0.6 is 0 Å². The highest BCUT2D eigenvalue weighted by molar-refractivity contribution is 5.20. The fourth-order valence-electron chi connectivity index (χ4n) is 2.41. The fraction of sp³-hybridized carbons (Fsp3) is 0.375. The minimum absolute atomic E-state index is 0.422. The van der Waals surface area contributed by atoms with Crippen molar-refractivity contribution < 1.29 is 4.52 Å². The van der Waals surface area contributed by atoms with Gasteiger partial charge >= 0.3 is 0 Å². The highest BCUT2D eigenvalue weighted by atomic mass is 16.5. The molecule has 0 radical (unpaired) electrons. The summed E-state index contributed by atoms with van der Waals surface area (Å²) in [6.07, 6.45) is 3.56. The van der Waals surface area contributed by atoms with E-state index in [9.17, 15) is 0 Å². The van der Waals surface area contributed by atoms with Crippen LogP contribution in [0.5, 0.6) is 0 Å². The molecule has 0 N–H and O–H groups in total. The molecule has 2 heterocycles. The van der Waals surface area contributed by atoms with E-state index in [1.54, 1.807) is 6.92 Å². The third kappa shape index (κ3) is 3.58. The number of hydrogen-bond donors (Lipinski definition) is 0. The summed E-state index contributed by atoms with van der Waals surface area (Å²) in [6, 6.07) is 10.5. The second kappa shape index (κ2) is 6.51. The van der Waals surface area contributed by atoms with Crippen LogP contribution in [0.15, 0.2) is 41.1 Å². The summed E-state index contributed by atoms with van der Waals surface area (Å²) in [6.45, 7) is 4.69. The summed E-state index contributed by atoms with van der Waals surface area (Å²) >= 11 is 0. The Bertz CT molecular complexity index is 719. The molecule has 6 nitrogen and oxygen atoms in total. The van der Waals surface area contributed by atoms with Gasteiger partial charge in [0, 0.05) is 26.1 Å². The van der Waals surface area contributed by atoms with E-state index in [4.69, 9.17) is 4.52 Å². The highest BCUT2D eigenvalue weighted by Crippen LogP contribution is 2.18. The van der Waals surface area contributed by atoms with Gasteiger partial charge in [0.05, 0.1) is 5.69 Å². The monoisotopic (exact) mass is 297 g/mol. The number of aryl methyl sites for hydroxylation is 3. The van der Waals surface area contributed by atoms with Gasteiger partial charge in [-0.1, -0.05) is 47.6 Å². The van der Waals surface area contributed by atoms with E-state index in [0.29, 0.717) is 30.6 Å². The smallest absolute Gasteiger partial charge is 0.223 e. The van der Waals surface area contributed by atoms with Crippen LogP contribution in [0.2, 0.25) is 0 Å². The van der Waals surface area contributed by atoms with Crippen LogP contribution in [0, 0.1) is 6.92 Å². The maximum Gasteiger partial charge on any atom is 0.223 e. The molecule has 22 heavy (non-hydrogen) atoms. The van der Waals surface area contributed by atoms with Gasteiger partial charge < -0.3 is 4.52 Å². The van der Waals surface area contributed by atoms with E-state index in [1.165, 1.54) is 5.56 Å². The third-order valence-electron chi connectivity index (χ3n) is 3.60. The van der Waals surface area contributed by atoms with Crippen molar-refractivity contribution in [3.05, 3.63) is 59.5 Å². The van der Waals surface area contributed by atoms with Crippen molar-refractivity contribution in [2.45, 2.75) is 39.2 Å². The van der Waals surface area contributed by atoms with Crippen molar-refractivity contribution in [1.82, 2.24) is 25.1 Å². The van der Waals surface area contributed by atoms with Gasteiger partial charge in [0.1, 0.15) is 0 Å². The molecule has 0 bridgehead atoms. The van der Waals surface area contributed by atoms with Crippen molar-refractivity contribution in [2.75, 3.05) is 0 Å². The number of hydrogen-bond acceptors (Lipinski definition) is 5. The van der Waals surface area contributed by atoms with Crippen molar-refractivity contribution in [3.63, 3.8) is 0 Å². The van der Waals surface area contributed by atoms with Crippen molar-refractivity contribution in [3.8, 4) is 0 Å². The summed E-state index contributed by atoms with van der Waals surface area (Å²) in [5.41, 5.74) is 2.32. The molecular weight excluding hydrogens is 278 g/mol. The Morgan fingerprint density at radius 2 is 2.05 bits per heavy atom. The Morgan fingerprint density at radius 1 is 1.23 bits per heavy atom. The molecule has 0 saturated carbocycles. The van der Waals surface area contributed by atoms with E-state index in [0.717, 1.165) is 12.1 Å². The zero-order valence-electron chi connectivity index (χ0n) is 12.8. The summed E-state index contributed by atoms with van der Waals surface area (Å²) in [7, 11) is 0. The van der Waals surface area contributed by atoms with Crippen LogP contribution in [0.25, 0.3) is 0 Å². The molecule has 3 rings (SSSR count). The lowest BCUT2D eigenvalue weighted by Gasteiger charge is -2.09. The van der Waals surface area contributed by atoms with E-state index in [-0.39, 0.29) is 0 Å². The van der Waals surface area contributed by atoms with Gasteiger partial charge in [-0.05, 0) is 17.9 Å². The molecule has 1 aromatic carbocycles. The zero-order valence-corrected chi connectivity index (χ0v) is 12.8. The summed E-state index contributed by atoms with van der Waals surface area (Å²) < 4.78 is 6.79. The van der Waals surface area contributed by atoms with Crippen LogP contribution in [0.1, 0.15) is 35.8 Å². The Kier molecular flexibility index (Phi) is 4.27. The molecular formula is C16H19N5O. The first kappa shape index (κ1) is 14.4. The van der Waals surface area contributed by atoms with Crippen LogP contribution in [0.3, 0.4) is 0 Å². The molecule has 0 spiro atoms. The molecule has 1 atom stereocenters. The molecule has 0 saturated heterocycles. The van der Waals surface area contributed by atoms with E-state index in [1.807, 2.05) is 16.9 Å². The second-order valence-electron chi connectivity index (χ2n) is 5.47. The molecule has 0 unspecified atom stereocenters. The predicted molar refractivity (Wildman–Crippen MR) is 81.3 cm³/mol. The molecule has 0 aliphatic heterocycles. The maximum absolute atomic E-state index is 4.95. The third-order valence-corrected chi connectivity index (χ3v) is 3.60. The quantitative estimate of drug-likeness (QED) is 0.699.